The molecule has 4 aliphatic carbocycles. The molecule has 2 heteroatoms. The van der Waals surface area contributed by atoms with Crippen molar-refractivity contribution < 1.29 is 10.2 Å². The SMILES string of the molecule is CC(C)CCC[C@@H](C)[C@H]1CC[C@H]2[C@@H]3CC[C@H]4CC(O)(O)CC[C@]4(C)[C@H]3CC[C@]12C. The molecule has 4 aliphatic rings. The number of aliphatic hydroxyl groups is 2. The van der Waals surface area contributed by atoms with Crippen molar-refractivity contribution in [1.29, 1.82) is 0 Å². The Balaban J connectivity index is 1.46. The van der Waals surface area contributed by atoms with Crippen LogP contribution < -0.4 is 0 Å². The molecule has 2 nitrogen and oxygen atoms in total. The number of rotatable bonds is 5. The molecule has 4 saturated carbocycles. The van der Waals surface area contributed by atoms with Gasteiger partial charge in [0.05, 0.1) is 0 Å². The molecule has 0 spiro atoms. The third-order valence-electron chi connectivity index (χ3n) is 10.9. The van der Waals surface area contributed by atoms with Crippen molar-refractivity contribution in [2.75, 3.05) is 0 Å². The van der Waals surface area contributed by atoms with Gasteiger partial charge in [-0.2, -0.15) is 0 Å². The average Bonchev–Trinajstić information content (AvgIpc) is 2.99. The zero-order chi connectivity index (χ0) is 21.0. The minimum atomic E-state index is -1.40. The first-order valence-corrected chi connectivity index (χ1v) is 13.0. The van der Waals surface area contributed by atoms with E-state index < -0.39 is 5.79 Å². The summed E-state index contributed by atoms with van der Waals surface area (Å²) in [6.45, 7) is 12.5. The van der Waals surface area contributed by atoms with Crippen molar-refractivity contribution in [3.8, 4) is 0 Å². The zero-order valence-corrected chi connectivity index (χ0v) is 19.9. The van der Waals surface area contributed by atoms with Gasteiger partial charge in [-0.1, -0.05) is 53.9 Å². The highest BCUT2D eigenvalue weighted by atomic mass is 16.5. The van der Waals surface area contributed by atoms with E-state index in [2.05, 4.69) is 34.6 Å². The molecule has 0 saturated heterocycles. The molecular weight excluding hydrogens is 356 g/mol. The lowest BCUT2D eigenvalue weighted by Gasteiger charge is -2.61. The molecule has 0 aromatic heterocycles. The maximum Gasteiger partial charge on any atom is 0.162 e. The van der Waals surface area contributed by atoms with Crippen molar-refractivity contribution in [2.45, 2.75) is 117 Å². The van der Waals surface area contributed by atoms with Gasteiger partial charge in [0.25, 0.3) is 0 Å². The Morgan fingerprint density at radius 1 is 0.793 bits per heavy atom. The topological polar surface area (TPSA) is 40.5 Å². The Morgan fingerprint density at radius 3 is 2.24 bits per heavy atom. The lowest BCUT2D eigenvalue weighted by molar-refractivity contribution is -0.233. The van der Waals surface area contributed by atoms with Crippen LogP contribution in [-0.4, -0.2) is 16.0 Å². The van der Waals surface area contributed by atoms with E-state index in [1.807, 2.05) is 0 Å². The van der Waals surface area contributed by atoms with E-state index in [-0.39, 0.29) is 0 Å². The normalized spacial score (nSPS) is 47.4. The van der Waals surface area contributed by atoms with Crippen molar-refractivity contribution in [3.05, 3.63) is 0 Å². The largest absolute Gasteiger partial charge is 0.366 e. The highest BCUT2D eigenvalue weighted by Crippen LogP contribution is 2.68. The molecule has 0 unspecified atom stereocenters. The standard InChI is InChI=1S/C27H48O2/c1-18(2)7-6-8-19(3)22-11-12-23-21-10-9-20-17-27(28,29)16-15-25(20,4)24(21)13-14-26(22,23)5/h18-24,28-29H,6-17H2,1-5H3/t19-,20+,21+,22-,23+,24+,25+,26-/m1/s1. The molecule has 0 aromatic rings. The van der Waals surface area contributed by atoms with Gasteiger partial charge in [-0.3, -0.25) is 0 Å². The predicted octanol–water partition coefficient (Wildman–Crippen LogP) is 6.79. The molecular formula is C27H48O2. The van der Waals surface area contributed by atoms with E-state index in [1.54, 1.807) is 0 Å². The maximum absolute atomic E-state index is 10.3. The molecule has 0 aliphatic heterocycles. The summed E-state index contributed by atoms with van der Waals surface area (Å²) in [7, 11) is 0. The third kappa shape index (κ3) is 3.84. The van der Waals surface area contributed by atoms with Gasteiger partial charge < -0.3 is 10.2 Å². The van der Waals surface area contributed by atoms with Crippen molar-refractivity contribution in [2.24, 2.45) is 52.3 Å². The van der Waals surface area contributed by atoms with Crippen molar-refractivity contribution in [3.63, 3.8) is 0 Å². The molecule has 0 heterocycles. The molecule has 4 rings (SSSR count). The summed E-state index contributed by atoms with van der Waals surface area (Å²) in [6.07, 6.45) is 14.7. The fourth-order valence-electron chi connectivity index (χ4n) is 9.25. The second kappa shape index (κ2) is 7.80. The Labute approximate surface area is 180 Å². The molecule has 0 bridgehead atoms. The van der Waals surface area contributed by atoms with Gasteiger partial charge in [0.1, 0.15) is 0 Å². The zero-order valence-electron chi connectivity index (χ0n) is 19.9. The maximum atomic E-state index is 10.3. The van der Waals surface area contributed by atoms with Crippen LogP contribution in [0.1, 0.15) is 112 Å². The first-order valence-electron chi connectivity index (χ1n) is 13.0. The Morgan fingerprint density at radius 2 is 1.52 bits per heavy atom. The van der Waals surface area contributed by atoms with Crippen LogP contribution in [-0.2, 0) is 0 Å². The van der Waals surface area contributed by atoms with Crippen LogP contribution in [0.3, 0.4) is 0 Å². The van der Waals surface area contributed by atoms with Gasteiger partial charge in [-0.15, -0.1) is 0 Å². The lowest BCUT2D eigenvalue weighted by atomic mass is 9.44. The van der Waals surface area contributed by atoms with Crippen LogP contribution in [0.2, 0.25) is 0 Å². The summed E-state index contributed by atoms with van der Waals surface area (Å²) < 4.78 is 0. The molecule has 29 heavy (non-hydrogen) atoms. The average molecular weight is 405 g/mol. The minimum absolute atomic E-state index is 0.347. The molecule has 2 N–H and O–H groups in total. The van der Waals surface area contributed by atoms with Crippen LogP contribution in [0.15, 0.2) is 0 Å². The first-order chi connectivity index (χ1) is 13.6. The van der Waals surface area contributed by atoms with Crippen LogP contribution >= 0.6 is 0 Å². The second-order valence-electron chi connectivity index (χ2n) is 12.9. The number of hydrogen-bond acceptors (Lipinski definition) is 2. The van der Waals surface area contributed by atoms with Gasteiger partial charge in [0, 0.05) is 12.8 Å². The quantitative estimate of drug-likeness (QED) is 0.495. The van der Waals surface area contributed by atoms with Crippen molar-refractivity contribution >= 4 is 0 Å². The summed E-state index contributed by atoms with van der Waals surface area (Å²) in [5.74, 6) is 4.41. The summed E-state index contributed by atoms with van der Waals surface area (Å²) in [4.78, 5) is 0. The molecule has 4 fully saturated rings. The highest BCUT2D eigenvalue weighted by Gasteiger charge is 2.61. The summed E-state index contributed by atoms with van der Waals surface area (Å²) >= 11 is 0. The van der Waals surface area contributed by atoms with Gasteiger partial charge >= 0.3 is 0 Å². The second-order valence-corrected chi connectivity index (χ2v) is 12.9. The summed E-state index contributed by atoms with van der Waals surface area (Å²) in [5.41, 5.74) is 0.911. The smallest absolute Gasteiger partial charge is 0.162 e. The Hall–Kier alpha value is -0.0800. The van der Waals surface area contributed by atoms with Crippen LogP contribution in [0.25, 0.3) is 0 Å². The van der Waals surface area contributed by atoms with Crippen LogP contribution in [0, 0.1) is 52.3 Å². The van der Waals surface area contributed by atoms with Gasteiger partial charge in [0.2, 0.25) is 0 Å². The monoisotopic (exact) mass is 404 g/mol. The molecule has 8 atom stereocenters. The predicted molar refractivity (Wildman–Crippen MR) is 120 cm³/mol. The summed E-state index contributed by atoms with van der Waals surface area (Å²) in [5, 5.41) is 20.5. The molecule has 0 amide bonds. The van der Waals surface area contributed by atoms with Gasteiger partial charge in [-0.05, 0) is 97.2 Å². The molecule has 0 aromatic carbocycles. The third-order valence-corrected chi connectivity index (χ3v) is 10.9. The fourth-order valence-corrected chi connectivity index (χ4v) is 9.25. The number of hydrogen-bond donors (Lipinski definition) is 2. The van der Waals surface area contributed by atoms with Gasteiger partial charge in [0.15, 0.2) is 5.79 Å². The van der Waals surface area contributed by atoms with E-state index in [9.17, 15) is 10.2 Å². The van der Waals surface area contributed by atoms with E-state index in [1.165, 1.54) is 57.8 Å². The molecule has 0 radical (unpaired) electrons. The van der Waals surface area contributed by atoms with Gasteiger partial charge in [-0.25, -0.2) is 0 Å². The fraction of sp³-hybridized carbons (Fsp3) is 1.00. The number of fused-ring (bicyclic) bond motifs is 5. The Bertz CT molecular complexity index is 583. The first kappa shape index (κ1) is 22.1. The van der Waals surface area contributed by atoms with Crippen molar-refractivity contribution in [1.82, 2.24) is 0 Å². The Kier molecular flexibility index (Phi) is 5.95. The highest BCUT2D eigenvalue weighted by molar-refractivity contribution is 5.10. The van der Waals surface area contributed by atoms with E-state index in [4.69, 9.17) is 0 Å². The van der Waals surface area contributed by atoms with E-state index >= 15 is 0 Å². The van der Waals surface area contributed by atoms with E-state index in [0.29, 0.717) is 29.6 Å². The molecule has 168 valence electrons. The van der Waals surface area contributed by atoms with Crippen LogP contribution in [0.5, 0.6) is 0 Å². The minimum Gasteiger partial charge on any atom is -0.366 e. The van der Waals surface area contributed by atoms with Crippen LogP contribution in [0.4, 0.5) is 0 Å². The lowest BCUT2D eigenvalue weighted by Crippen LogP contribution is -2.56. The summed E-state index contributed by atoms with van der Waals surface area (Å²) in [6, 6.07) is 0. The van der Waals surface area contributed by atoms with E-state index in [0.717, 1.165) is 41.9 Å².